The van der Waals surface area contributed by atoms with Crippen molar-refractivity contribution in [2.75, 3.05) is 6.54 Å². The van der Waals surface area contributed by atoms with Crippen molar-refractivity contribution in [3.8, 4) is 11.5 Å². The number of hydrogen-bond donors (Lipinski definition) is 1. The first-order valence-corrected chi connectivity index (χ1v) is 6.98. The molecule has 0 spiro atoms. The summed E-state index contributed by atoms with van der Waals surface area (Å²) in [6, 6.07) is 9.16. The van der Waals surface area contributed by atoms with Gasteiger partial charge >= 0.3 is 0 Å². The van der Waals surface area contributed by atoms with Gasteiger partial charge in [-0.15, -0.1) is 0 Å². The maximum Gasteiger partial charge on any atom is 0.167 e. The number of nitrogens with one attached hydrogen (secondary N) is 1. The molecule has 0 bridgehead atoms. The van der Waals surface area contributed by atoms with E-state index in [1.54, 1.807) is 19.1 Å². The van der Waals surface area contributed by atoms with Gasteiger partial charge in [-0.05, 0) is 50.2 Å². The average Bonchev–Trinajstić information content (AvgIpc) is 2.45. The van der Waals surface area contributed by atoms with Crippen LogP contribution in [0.1, 0.15) is 31.0 Å². The molecule has 4 heteroatoms. The molecular weight excluding hydrogens is 272 g/mol. The fourth-order valence-corrected chi connectivity index (χ4v) is 2.19. The first kappa shape index (κ1) is 15.4. The first-order valence-electron chi connectivity index (χ1n) is 6.98. The summed E-state index contributed by atoms with van der Waals surface area (Å²) < 4.78 is 33.0. The highest BCUT2D eigenvalue weighted by Gasteiger charge is 2.16. The number of para-hydroxylation sites is 1. The van der Waals surface area contributed by atoms with Crippen LogP contribution in [-0.4, -0.2) is 6.54 Å². The number of benzene rings is 2. The van der Waals surface area contributed by atoms with Crippen molar-refractivity contribution < 1.29 is 13.5 Å². The van der Waals surface area contributed by atoms with Gasteiger partial charge in [0.2, 0.25) is 0 Å². The molecule has 0 amide bonds. The predicted molar refractivity (Wildman–Crippen MR) is 79.7 cm³/mol. The van der Waals surface area contributed by atoms with Crippen molar-refractivity contribution in [2.45, 2.75) is 26.8 Å². The fourth-order valence-electron chi connectivity index (χ4n) is 2.19. The SMILES string of the molecule is CCNC(C)c1cccc(F)c1Oc1ccc(F)c(C)c1. The van der Waals surface area contributed by atoms with Gasteiger partial charge in [-0.1, -0.05) is 19.1 Å². The van der Waals surface area contributed by atoms with E-state index in [0.717, 1.165) is 12.1 Å². The Morgan fingerprint density at radius 1 is 1.14 bits per heavy atom. The first-order chi connectivity index (χ1) is 10.0. The van der Waals surface area contributed by atoms with E-state index in [-0.39, 0.29) is 17.6 Å². The second kappa shape index (κ2) is 6.68. The molecule has 0 aromatic heterocycles. The van der Waals surface area contributed by atoms with E-state index in [9.17, 15) is 8.78 Å². The molecule has 112 valence electrons. The maximum atomic E-state index is 14.1. The Labute approximate surface area is 123 Å². The van der Waals surface area contributed by atoms with Crippen LogP contribution in [0.5, 0.6) is 11.5 Å². The van der Waals surface area contributed by atoms with Gasteiger partial charge in [-0.2, -0.15) is 0 Å². The normalized spacial score (nSPS) is 12.2. The van der Waals surface area contributed by atoms with Gasteiger partial charge < -0.3 is 10.1 Å². The van der Waals surface area contributed by atoms with E-state index >= 15 is 0 Å². The lowest BCUT2D eigenvalue weighted by molar-refractivity contribution is 0.425. The van der Waals surface area contributed by atoms with Gasteiger partial charge in [0.1, 0.15) is 11.6 Å². The zero-order valence-electron chi connectivity index (χ0n) is 12.4. The van der Waals surface area contributed by atoms with Gasteiger partial charge in [0, 0.05) is 11.6 Å². The number of halogens is 2. The van der Waals surface area contributed by atoms with Crippen molar-refractivity contribution in [1.82, 2.24) is 5.32 Å². The summed E-state index contributed by atoms with van der Waals surface area (Å²) in [4.78, 5) is 0. The van der Waals surface area contributed by atoms with Crippen LogP contribution in [0.15, 0.2) is 36.4 Å². The van der Waals surface area contributed by atoms with Crippen molar-refractivity contribution in [1.29, 1.82) is 0 Å². The highest BCUT2D eigenvalue weighted by Crippen LogP contribution is 2.32. The van der Waals surface area contributed by atoms with Crippen LogP contribution in [0.3, 0.4) is 0 Å². The zero-order chi connectivity index (χ0) is 15.4. The molecule has 0 radical (unpaired) electrons. The minimum Gasteiger partial charge on any atom is -0.454 e. The van der Waals surface area contributed by atoms with Crippen LogP contribution >= 0.6 is 0 Å². The number of hydrogen-bond acceptors (Lipinski definition) is 2. The van der Waals surface area contributed by atoms with E-state index in [4.69, 9.17) is 4.74 Å². The van der Waals surface area contributed by atoms with Crippen LogP contribution < -0.4 is 10.1 Å². The maximum absolute atomic E-state index is 14.1. The highest BCUT2D eigenvalue weighted by molar-refractivity contribution is 5.41. The molecule has 2 aromatic rings. The molecule has 21 heavy (non-hydrogen) atoms. The lowest BCUT2D eigenvalue weighted by Crippen LogP contribution is -2.18. The molecule has 0 fully saturated rings. The Bertz CT molecular complexity index is 628. The largest absolute Gasteiger partial charge is 0.454 e. The standard InChI is InChI=1S/C17H19F2NO/c1-4-20-12(3)14-6-5-7-16(19)17(14)21-13-8-9-15(18)11(2)10-13/h5-10,12,20H,4H2,1-3H3. The molecule has 1 unspecified atom stereocenters. The lowest BCUT2D eigenvalue weighted by Gasteiger charge is -2.18. The van der Waals surface area contributed by atoms with Gasteiger partial charge in [0.15, 0.2) is 11.6 Å². The Kier molecular flexibility index (Phi) is 4.91. The fraction of sp³-hybridized carbons (Fsp3) is 0.294. The molecule has 0 saturated carbocycles. The van der Waals surface area contributed by atoms with Gasteiger partial charge in [-0.3, -0.25) is 0 Å². The van der Waals surface area contributed by atoms with Gasteiger partial charge in [-0.25, -0.2) is 8.78 Å². The second-order valence-electron chi connectivity index (χ2n) is 4.95. The van der Waals surface area contributed by atoms with Gasteiger partial charge in [0.05, 0.1) is 0 Å². The summed E-state index contributed by atoms with van der Waals surface area (Å²) in [6.07, 6.45) is 0. The smallest absolute Gasteiger partial charge is 0.167 e. The van der Waals surface area contributed by atoms with Crippen LogP contribution in [0.4, 0.5) is 8.78 Å². The van der Waals surface area contributed by atoms with Crippen molar-refractivity contribution in [3.63, 3.8) is 0 Å². The van der Waals surface area contributed by atoms with E-state index in [1.807, 2.05) is 19.9 Å². The third-order valence-corrected chi connectivity index (χ3v) is 3.32. The molecule has 0 aliphatic heterocycles. The Morgan fingerprint density at radius 3 is 2.57 bits per heavy atom. The summed E-state index contributed by atoms with van der Waals surface area (Å²) in [5.41, 5.74) is 1.20. The predicted octanol–water partition coefficient (Wildman–Crippen LogP) is 4.74. The average molecular weight is 291 g/mol. The van der Waals surface area contributed by atoms with Crippen LogP contribution in [0, 0.1) is 18.6 Å². The molecule has 0 aliphatic carbocycles. The zero-order valence-corrected chi connectivity index (χ0v) is 12.4. The molecule has 0 aliphatic rings. The third-order valence-electron chi connectivity index (χ3n) is 3.32. The number of aryl methyl sites for hydroxylation is 1. The molecule has 2 rings (SSSR count). The number of ether oxygens (including phenoxy) is 1. The van der Waals surface area contributed by atoms with Gasteiger partial charge in [0.25, 0.3) is 0 Å². The molecule has 0 heterocycles. The Balaban J connectivity index is 2.36. The molecule has 2 nitrogen and oxygen atoms in total. The topological polar surface area (TPSA) is 21.3 Å². The number of rotatable bonds is 5. The van der Waals surface area contributed by atoms with E-state index in [1.165, 1.54) is 18.2 Å². The Morgan fingerprint density at radius 2 is 1.90 bits per heavy atom. The van der Waals surface area contributed by atoms with E-state index in [2.05, 4.69) is 5.32 Å². The van der Waals surface area contributed by atoms with Crippen molar-refractivity contribution >= 4 is 0 Å². The minimum atomic E-state index is -0.431. The third kappa shape index (κ3) is 3.58. The van der Waals surface area contributed by atoms with E-state index < -0.39 is 5.82 Å². The summed E-state index contributed by atoms with van der Waals surface area (Å²) >= 11 is 0. The monoisotopic (exact) mass is 291 g/mol. The van der Waals surface area contributed by atoms with Crippen LogP contribution in [-0.2, 0) is 0 Å². The molecule has 2 aromatic carbocycles. The molecule has 0 saturated heterocycles. The summed E-state index contributed by atoms with van der Waals surface area (Å²) in [6.45, 7) is 6.35. The quantitative estimate of drug-likeness (QED) is 0.859. The summed E-state index contributed by atoms with van der Waals surface area (Å²) in [7, 11) is 0. The van der Waals surface area contributed by atoms with Crippen molar-refractivity contribution in [3.05, 3.63) is 59.2 Å². The summed E-state index contributed by atoms with van der Waals surface area (Å²) in [5.74, 6) is -0.141. The second-order valence-corrected chi connectivity index (χ2v) is 4.95. The van der Waals surface area contributed by atoms with Crippen LogP contribution in [0.2, 0.25) is 0 Å². The van der Waals surface area contributed by atoms with E-state index in [0.29, 0.717) is 11.3 Å². The lowest BCUT2D eigenvalue weighted by atomic mass is 10.1. The molecule has 1 N–H and O–H groups in total. The molecule has 1 atom stereocenters. The summed E-state index contributed by atoms with van der Waals surface area (Å²) in [5, 5.41) is 3.23. The van der Waals surface area contributed by atoms with Crippen molar-refractivity contribution in [2.24, 2.45) is 0 Å². The molecular formula is C17H19F2NO. The Hall–Kier alpha value is -1.94. The highest BCUT2D eigenvalue weighted by atomic mass is 19.1. The van der Waals surface area contributed by atoms with Crippen LogP contribution in [0.25, 0.3) is 0 Å². The minimum absolute atomic E-state index is 0.0396.